The number of fused-ring (bicyclic) bond motifs is 1. The molecule has 1 fully saturated rings. The van der Waals surface area contributed by atoms with E-state index in [0.29, 0.717) is 12.6 Å². The van der Waals surface area contributed by atoms with Crippen molar-refractivity contribution in [2.24, 2.45) is 0 Å². The number of nitrogens with one attached hydrogen (secondary N) is 2. The van der Waals surface area contributed by atoms with Gasteiger partial charge in [-0.1, -0.05) is 30.3 Å². The van der Waals surface area contributed by atoms with Crippen LogP contribution in [0.2, 0.25) is 0 Å². The predicted octanol–water partition coefficient (Wildman–Crippen LogP) is 2.87. The van der Waals surface area contributed by atoms with E-state index >= 15 is 0 Å². The molecule has 162 valence electrons. The molecule has 2 aliphatic rings. The Morgan fingerprint density at radius 2 is 1.97 bits per heavy atom. The largest absolute Gasteiger partial charge is 0.379 e. The fraction of sp³-hybridized carbons (Fsp3) is 0.522. The summed E-state index contributed by atoms with van der Waals surface area (Å²) in [5.74, 6) is 0. The smallest absolute Gasteiger partial charge is 0.315 e. The van der Waals surface area contributed by atoms with Crippen LogP contribution in [-0.2, 0) is 17.7 Å². The van der Waals surface area contributed by atoms with Crippen molar-refractivity contribution in [1.82, 2.24) is 20.4 Å². The second-order valence-electron chi connectivity index (χ2n) is 8.17. The molecule has 0 spiro atoms. The first kappa shape index (κ1) is 21.3. The minimum Gasteiger partial charge on any atom is -0.379 e. The maximum absolute atomic E-state index is 12.7. The summed E-state index contributed by atoms with van der Waals surface area (Å²) in [5, 5.41) is 8.49. The number of hydrogen-bond acceptors (Lipinski definition) is 5. The molecule has 2 aliphatic heterocycles. The van der Waals surface area contributed by atoms with Gasteiger partial charge in [0.15, 0.2) is 0 Å². The average Bonchev–Trinajstić information content (AvgIpc) is 3.26. The Labute approximate surface area is 183 Å². The van der Waals surface area contributed by atoms with E-state index in [4.69, 9.17) is 4.74 Å². The Morgan fingerprint density at radius 3 is 2.77 bits per heavy atom. The van der Waals surface area contributed by atoms with Gasteiger partial charge in [-0.3, -0.25) is 9.80 Å². The number of urea groups is 1. The molecule has 30 heavy (non-hydrogen) atoms. The van der Waals surface area contributed by atoms with Gasteiger partial charge in [-0.15, -0.1) is 11.3 Å². The normalized spacial score (nSPS) is 19.6. The van der Waals surface area contributed by atoms with E-state index in [-0.39, 0.29) is 12.1 Å². The van der Waals surface area contributed by atoms with E-state index in [1.54, 1.807) is 0 Å². The molecule has 2 N–H and O–H groups in total. The molecule has 0 saturated carbocycles. The Bertz CT molecular complexity index is 807. The molecule has 6 nitrogen and oxygen atoms in total. The summed E-state index contributed by atoms with van der Waals surface area (Å²) in [6.45, 7) is 8.99. The van der Waals surface area contributed by atoms with Gasteiger partial charge in [0.1, 0.15) is 0 Å². The number of nitrogens with zero attached hydrogens (tertiary/aromatic N) is 2. The van der Waals surface area contributed by atoms with Crippen molar-refractivity contribution < 1.29 is 9.53 Å². The van der Waals surface area contributed by atoms with Crippen LogP contribution >= 0.6 is 11.3 Å². The summed E-state index contributed by atoms with van der Waals surface area (Å²) in [6.07, 6.45) is 1.11. The fourth-order valence-electron chi connectivity index (χ4n) is 4.19. The Morgan fingerprint density at radius 1 is 1.17 bits per heavy atom. The molecule has 2 atom stereocenters. The van der Waals surface area contributed by atoms with E-state index in [1.807, 2.05) is 29.5 Å². The zero-order valence-electron chi connectivity index (χ0n) is 17.7. The van der Waals surface area contributed by atoms with Crippen LogP contribution in [0.4, 0.5) is 4.79 Å². The van der Waals surface area contributed by atoms with E-state index < -0.39 is 0 Å². The molecule has 1 aromatic carbocycles. The van der Waals surface area contributed by atoms with Gasteiger partial charge in [-0.05, 0) is 35.9 Å². The van der Waals surface area contributed by atoms with Crippen molar-refractivity contribution in [3.63, 3.8) is 0 Å². The predicted molar refractivity (Wildman–Crippen MR) is 121 cm³/mol. The number of morpholine rings is 1. The molecular formula is C23H32N4O2S. The highest BCUT2D eigenvalue weighted by Gasteiger charge is 2.23. The first-order valence-corrected chi connectivity index (χ1v) is 11.8. The molecule has 2 aromatic rings. The third-order valence-electron chi connectivity index (χ3n) is 6.07. The number of ether oxygens (including phenoxy) is 1. The molecule has 0 bridgehead atoms. The summed E-state index contributed by atoms with van der Waals surface area (Å²) >= 11 is 1.86. The van der Waals surface area contributed by atoms with Gasteiger partial charge in [0.25, 0.3) is 0 Å². The molecule has 3 heterocycles. The topological polar surface area (TPSA) is 56.8 Å². The molecule has 0 aliphatic carbocycles. The molecule has 7 heteroatoms. The number of carbonyl (C=O) groups is 1. The number of hydrogen-bond donors (Lipinski definition) is 2. The van der Waals surface area contributed by atoms with Gasteiger partial charge in [-0.25, -0.2) is 4.79 Å². The number of thiophene rings is 1. The van der Waals surface area contributed by atoms with Gasteiger partial charge in [0, 0.05) is 50.2 Å². The van der Waals surface area contributed by atoms with Crippen LogP contribution < -0.4 is 10.6 Å². The molecule has 4 rings (SSSR count). The molecule has 2 amide bonds. The molecule has 1 saturated heterocycles. The highest BCUT2D eigenvalue weighted by molar-refractivity contribution is 7.10. The highest BCUT2D eigenvalue weighted by atomic mass is 32.1. The summed E-state index contributed by atoms with van der Waals surface area (Å²) in [6, 6.07) is 12.6. The lowest BCUT2D eigenvalue weighted by Crippen LogP contribution is -2.49. The van der Waals surface area contributed by atoms with Crippen LogP contribution in [0.15, 0.2) is 41.8 Å². The van der Waals surface area contributed by atoms with Crippen molar-refractivity contribution in [2.45, 2.75) is 32.0 Å². The van der Waals surface area contributed by atoms with Gasteiger partial charge < -0.3 is 15.4 Å². The first-order chi connectivity index (χ1) is 14.7. The Hall–Kier alpha value is -1.93. The van der Waals surface area contributed by atoms with E-state index in [9.17, 15) is 4.79 Å². The molecule has 1 aromatic heterocycles. The van der Waals surface area contributed by atoms with E-state index in [1.165, 1.54) is 10.4 Å². The second-order valence-corrected chi connectivity index (χ2v) is 9.17. The second kappa shape index (κ2) is 10.4. The third-order valence-corrected chi connectivity index (χ3v) is 7.09. The average molecular weight is 429 g/mol. The third kappa shape index (κ3) is 5.60. The maximum atomic E-state index is 12.7. The van der Waals surface area contributed by atoms with E-state index in [2.05, 4.69) is 50.9 Å². The lowest BCUT2D eigenvalue weighted by Gasteiger charge is -2.33. The Kier molecular flexibility index (Phi) is 7.38. The lowest BCUT2D eigenvalue weighted by molar-refractivity contribution is 0.0339. The van der Waals surface area contributed by atoms with Gasteiger partial charge in [0.2, 0.25) is 0 Å². The number of amides is 2. The van der Waals surface area contributed by atoms with Gasteiger partial charge >= 0.3 is 6.03 Å². The Balaban J connectivity index is 1.30. The van der Waals surface area contributed by atoms with Crippen molar-refractivity contribution in [2.75, 3.05) is 45.9 Å². The van der Waals surface area contributed by atoms with Crippen molar-refractivity contribution in [1.29, 1.82) is 0 Å². The minimum absolute atomic E-state index is 0.0389. The van der Waals surface area contributed by atoms with Gasteiger partial charge in [-0.2, -0.15) is 0 Å². The summed E-state index contributed by atoms with van der Waals surface area (Å²) in [5.41, 5.74) is 2.57. The summed E-state index contributed by atoms with van der Waals surface area (Å²) in [7, 11) is 0. The van der Waals surface area contributed by atoms with Crippen molar-refractivity contribution in [3.05, 3.63) is 57.8 Å². The lowest BCUT2D eigenvalue weighted by atomic mass is 10.1. The summed E-state index contributed by atoms with van der Waals surface area (Å²) < 4.78 is 5.46. The highest BCUT2D eigenvalue weighted by Crippen LogP contribution is 2.25. The number of benzene rings is 1. The number of rotatable bonds is 7. The maximum Gasteiger partial charge on any atom is 0.315 e. The number of carbonyl (C=O) groups excluding carboxylic acids is 1. The van der Waals surface area contributed by atoms with E-state index in [0.717, 1.165) is 57.9 Å². The SMILES string of the molecule is CC(CNC(=O)NC(CN1CCOCC1)c1ccccc1)N1CCc2sccc2C1. The molecule has 0 radical (unpaired) electrons. The summed E-state index contributed by atoms with van der Waals surface area (Å²) in [4.78, 5) is 19.1. The monoisotopic (exact) mass is 428 g/mol. The zero-order valence-corrected chi connectivity index (χ0v) is 18.5. The quantitative estimate of drug-likeness (QED) is 0.712. The van der Waals surface area contributed by atoms with Crippen LogP contribution in [0.3, 0.4) is 0 Å². The van der Waals surface area contributed by atoms with Crippen LogP contribution in [0.1, 0.15) is 29.0 Å². The zero-order chi connectivity index (χ0) is 20.8. The molecular weight excluding hydrogens is 396 g/mol. The minimum atomic E-state index is -0.0998. The van der Waals surface area contributed by atoms with Crippen LogP contribution in [0.5, 0.6) is 0 Å². The van der Waals surface area contributed by atoms with Crippen LogP contribution in [0.25, 0.3) is 0 Å². The first-order valence-electron chi connectivity index (χ1n) is 10.9. The standard InChI is InChI=1S/C23H32N4O2S/c1-18(27-9-7-22-20(16-27)8-14-30-22)15-24-23(28)25-21(19-5-3-2-4-6-19)17-26-10-12-29-13-11-26/h2-6,8,14,18,21H,7,9-13,15-17H2,1H3,(H2,24,25,28). The van der Waals surface area contributed by atoms with Gasteiger partial charge in [0.05, 0.1) is 19.3 Å². The van der Waals surface area contributed by atoms with Crippen molar-refractivity contribution in [3.8, 4) is 0 Å². The fourth-order valence-corrected chi connectivity index (χ4v) is 5.08. The molecule has 2 unspecified atom stereocenters. The van der Waals surface area contributed by atoms with Crippen molar-refractivity contribution >= 4 is 17.4 Å². The van der Waals surface area contributed by atoms with Crippen LogP contribution in [-0.4, -0.2) is 67.8 Å². The van der Waals surface area contributed by atoms with Crippen LogP contribution in [0, 0.1) is 0 Å².